The van der Waals surface area contributed by atoms with Crippen molar-refractivity contribution in [3.05, 3.63) is 53.1 Å². The highest BCUT2D eigenvalue weighted by Gasteiger charge is 2.26. The van der Waals surface area contributed by atoms with Gasteiger partial charge in [-0.25, -0.2) is 0 Å². The zero-order chi connectivity index (χ0) is 16.0. The Bertz CT molecular complexity index is 850. The molecule has 0 saturated heterocycles. The average Bonchev–Trinajstić information content (AvgIpc) is 3.26. The first-order chi connectivity index (χ1) is 11.1. The minimum atomic E-state index is 0. The van der Waals surface area contributed by atoms with Gasteiger partial charge in [-0.2, -0.15) is 0 Å². The number of aryl methyl sites for hydroxylation is 1. The van der Waals surface area contributed by atoms with E-state index in [-0.39, 0.29) is 12.4 Å². The van der Waals surface area contributed by atoms with Crippen LogP contribution in [0, 0.1) is 12.8 Å². The predicted molar refractivity (Wildman–Crippen MR) is 105 cm³/mol. The lowest BCUT2D eigenvalue weighted by molar-refractivity contribution is 0.589. The summed E-state index contributed by atoms with van der Waals surface area (Å²) in [6.45, 7) is 3.17. The Kier molecular flexibility index (Phi) is 4.80. The molecule has 0 amide bonds. The summed E-state index contributed by atoms with van der Waals surface area (Å²) >= 11 is 6.06. The normalized spacial score (nSPS) is 13.8. The molecule has 0 radical (unpaired) electrons. The fraction of sp³-hybridized carbons (Fsp3) is 0.300. The van der Waals surface area contributed by atoms with Crippen LogP contribution in [0.2, 0.25) is 5.02 Å². The van der Waals surface area contributed by atoms with Crippen molar-refractivity contribution in [2.45, 2.75) is 19.8 Å². The van der Waals surface area contributed by atoms with E-state index in [1.807, 2.05) is 12.1 Å². The molecule has 0 bridgehead atoms. The van der Waals surface area contributed by atoms with Crippen molar-refractivity contribution < 1.29 is 4.42 Å². The topological polar surface area (TPSA) is 16.4 Å². The monoisotopic (exact) mass is 361 g/mol. The summed E-state index contributed by atoms with van der Waals surface area (Å²) < 4.78 is 6.22. The third kappa shape index (κ3) is 3.26. The van der Waals surface area contributed by atoms with E-state index in [1.165, 1.54) is 29.4 Å². The quantitative estimate of drug-likeness (QED) is 0.539. The van der Waals surface area contributed by atoms with E-state index in [4.69, 9.17) is 16.0 Å². The summed E-state index contributed by atoms with van der Waals surface area (Å²) in [6.07, 6.45) is 2.67. The second-order valence-corrected chi connectivity index (χ2v) is 7.05. The van der Waals surface area contributed by atoms with Crippen LogP contribution in [0.15, 0.2) is 46.9 Å². The zero-order valence-electron chi connectivity index (χ0n) is 13.9. The van der Waals surface area contributed by atoms with Gasteiger partial charge in [0, 0.05) is 24.0 Å². The number of furan rings is 1. The average molecular weight is 362 g/mol. The maximum absolute atomic E-state index is 6.22. The lowest BCUT2D eigenvalue weighted by Crippen LogP contribution is -2.19. The summed E-state index contributed by atoms with van der Waals surface area (Å²) in [5, 5.41) is 1.93. The Hall–Kier alpha value is -1.64. The van der Waals surface area contributed by atoms with Crippen LogP contribution in [0.3, 0.4) is 0 Å². The lowest BCUT2D eigenvalue weighted by atomic mass is 10.0. The lowest BCUT2D eigenvalue weighted by Gasteiger charge is -2.17. The molecule has 0 aliphatic heterocycles. The summed E-state index contributed by atoms with van der Waals surface area (Å²) in [6, 6.07) is 14.4. The third-order valence-corrected chi connectivity index (χ3v) is 4.79. The standard InChI is InChI=1S/C20H20ClNO.ClH/c1-13-3-10-18-17(11-13)19(15-6-8-16(21)9-7-15)20(23-18)22(2)12-14-4-5-14;/h3,6-11,14H,4-5,12H2,1-2H3;1H. The summed E-state index contributed by atoms with van der Waals surface area (Å²) in [5.41, 5.74) is 4.50. The van der Waals surface area contributed by atoms with Crippen LogP contribution in [0.5, 0.6) is 0 Å². The summed E-state index contributed by atoms with van der Waals surface area (Å²) in [7, 11) is 2.13. The largest absolute Gasteiger partial charge is 0.440 e. The van der Waals surface area contributed by atoms with E-state index < -0.39 is 0 Å². The molecule has 0 spiro atoms. The highest BCUT2D eigenvalue weighted by molar-refractivity contribution is 6.30. The molecule has 1 fully saturated rings. The molecule has 0 N–H and O–H groups in total. The first-order valence-electron chi connectivity index (χ1n) is 8.12. The fourth-order valence-corrected chi connectivity index (χ4v) is 3.26. The van der Waals surface area contributed by atoms with Gasteiger partial charge in [-0.05, 0) is 55.5 Å². The summed E-state index contributed by atoms with van der Waals surface area (Å²) in [4.78, 5) is 2.26. The minimum Gasteiger partial charge on any atom is -0.440 e. The second kappa shape index (κ2) is 6.70. The predicted octanol–water partition coefficient (Wildman–Crippen LogP) is 6.33. The SMILES string of the molecule is Cc1ccc2oc(N(C)CC3CC3)c(-c3ccc(Cl)cc3)c2c1.Cl. The molecule has 1 saturated carbocycles. The number of benzene rings is 2. The molecular formula is C20H21Cl2NO. The van der Waals surface area contributed by atoms with Gasteiger partial charge in [0.05, 0.1) is 5.56 Å². The van der Waals surface area contributed by atoms with Crippen molar-refractivity contribution >= 4 is 40.9 Å². The molecule has 1 heterocycles. The van der Waals surface area contributed by atoms with Gasteiger partial charge in [-0.3, -0.25) is 0 Å². The van der Waals surface area contributed by atoms with Crippen LogP contribution in [0.1, 0.15) is 18.4 Å². The van der Waals surface area contributed by atoms with Gasteiger partial charge in [0.15, 0.2) is 0 Å². The maximum atomic E-state index is 6.22. The number of fused-ring (bicyclic) bond motifs is 1. The molecule has 126 valence electrons. The Balaban J connectivity index is 0.00000169. The second-order valence-electron chi connectivity index (χ2n) is 6.61. The van der Waals surface area contributed by atoms with Gasteiger partial charge >= 0.3 is 0 Å². The zero-order valence-corrected chi connectivity index (χ0v) is 15.5. The molecule has 1 aliphatic rings. The molecule has 0 unspecified atom stereocenters. The summed E-state index contributed by atoms with van der Waals surface area (Å²) in [5.74, 6) is 1.77. The Morgan fingerprint density at radius 2 is 1.83 bits per heavy atom. The van der Waals surface area contributed by atoms with Crippen LogP contribution in [-0.4, -0.2) is 13.6 Å². The molecule has 4 heteroatoms. The van der Waals surface area contributed by atoms with Gasteiger partial charge in [0.25, 0.3) is 0 Å². The van der Waals surface area contributed by atoms with Crippen LogP contribution in [-0.2, 0) is 0 Å². The first kappa shape index (κ1) is 17.2. The molecule has 3 aromatic rings. The maximum Gasteiger partial charge on any atom is 0.204 e. The van der Waals surface area contributed by atoms with E-state index in [1.54, 1.807) is 0 Å². The van der Waals surface area contributed by atoms with Crippen molar-refractivity contribution in [1.29, 1.82) is 0 Å². The van der Waals surface area contributed by atoms with Gasteiger partial charge in [0.1, 0.15) is 5.58 Å². The number of nitrogens with zero attached hydrogens (tertiary/aromatic N) is 1. The van der Waals surface area contributed by atoms with Gasteiger partial charge in [-0.1, -0.05) is 35.4 Å². The highest BCUT2D eigenvalue weighted by Crippen LogP contribution is 2.42. The number of hydrogen-bond acceptors (Lipinski definition) is 2. The molecule has 24 heavy (non-hydrogen) atoms. The van der Waals surface area contributed by atoms with Crippen molar-refractivity contribution in [3.8, 4) is 11.1 Å². The van der Waals surface area contributed by atoms with E-state index in [9.17, 15) is 0 Å². The van der Waals surface area contributed by atoms with Crippen LogP contribution in [0.4, 0.5) is 5.88 Å². The van der Waals surface area contributed by atoms with Crippen LogP contribution < -0.4 is 4.90 Å². The van der Waals surface area contributed by atoms with Crippen molar-refractivity contribution in [2.75, 3.05) is 18.5 Å². The van der Waals surface area contributed by atoms with Crippen molar-refractivity contribution in [3.63, 3.8) is 0 Å². The number of rotatable bonds is 4. The van der Waals surface area contributed by atoms with E-state index >= 15 is 0 Å². The number of anilines is 1. The fourth-order valence-electron chi connectivity index (χ4n) is 3.13. The van der Waals surface area contributed by atoms with Crippen molar-refractivity contribution in [1.82, 2.24) is 0 Å². The molecule has 4 rings (SSSR count). The molecular weight excluding hydrogens is 341 g/mol. The number of hydrogen-bond donors (Lipinski definition) is 0. The van der Waals surface area contributed by atoms with Gasteiger partial charge < -0.3 is 9.32 Å². The Morgan fingerprint density at radius 1 is 1.12 bits per heavy atom. The molecule has 2 aromatic carbocycles. The van der Waals surface area contributed by atoms with Gasteiger partial charge in [0.2, 0.25) is 5.88 Å². The Labute approximate surface area is 153 Å². The molecule has 0 atom stereocenters. The molecule has 1 aliphatic carbocycles. The third-order valence-electron chi connectivity index (χ3n) is 4.53. The van der Waals surface area contributed by atoms with Crippen LogP contribution in [0.25, 0.3) is 22.1 Å². The van der Waals surface area contributed by atoms with Crippen LogP contribution >= 0.6 is 24.0 Å². The minimum absolute atomic E-state index is 0. The van der Waals surface area contributed by atoms with Gasteiger partial charge in [-0.15, -0.1) is 12.4 Å². The van der Waals surface area contributed by atoms with E-state index in [2.05, 4.69) is 49.2 Å². The van der Waals surface area contributed by atoms with E-state index in [0.29, 0.717) is 0 Å². The van der Waals surface area contributed by atoms with Crippen molar-refractivity contribution in [2.24, 2.45) is 5.92 Å². The number of halogens is 2. The Morgan fingerprint density at radius 3 is 2.50 bits per heavy atom. The van der Waals surface area contributed by atoms with E-state index in [0.717, 1.165) is 34.5 Å². The smallest absolute Gasteiger partial charge is 0.204 e. The highest BCUT2D eigenvalue weighted by atomic mass is 35.5. The molecule has 2 nitrogen and oxygen atoms in total. The molecule has 1 aromatic heterocycles. The first-order valence-corrected chi connectivity index (χ1v) is 8.50.